The van der Waals surface area contributed by atoms with E-state index in [-0.39, 0.29) is 18.6 Å². The second-order valence-corrected chi connectivity index (χ2v) is 6.10. The van der Waals surface area contributed by atoms with E-state index < -0.39 is 11.7 Å². The minimum Gasteiger partial charge on any atom is -0.467 e. The van der Waals surface area contributed by atoms with Gasteiger partial charge in [0.2, 0.25) is 0 Å². The van der Waals surface area contributed by atoms with Crippen LogP contribution in [0, 0.1) is 0 Å². The molecule has 114 valence electrons. The number of hydrogen-bond donors (Lipinski definition) is 1. The first-order valence-electron chi connectivity index (χ1n) is 6.59. The molecule has 0 spiro atoms. The Morgan fingerprint density at radius 2 is 2.05 bits per heavy atom. The minimum atomic E-state index is -0.548. The molecule has 1 N–H and O–H groups in total. The third-order valence-corrected chi connectivity index (χ3v) is 3.21. The quantitative estimate of drug-likeness (QED) is 0.629. The van der Waals surface area contributed by atoms with Crippen molar-refractivity contribution < 1.29 is 19.1 Å². The molecule has 0 aromatic rings. The van der Waals surface area contributed by atoms with Gasteiger partial charge in [0.15, 0.2) is 0 Å². The van der Waals surface area contributed by atoms with E-state index in [1.807, 2.05) is 0 Å². The fourth-order valence-electron chi connectivity index (χ4n) is 2.01. The van der Waals surface area contributed by atoms with E-state index in [9.17, 15) is 9.59 Å². The summed E-state index contributed by atoms with van der Waals surface area (Å²) in [5, 5.41) is 2.60. The second kappa shape index (κ2) is 6.88. The molecule has 1 aliphatic heterocycles. The first-order chi connectivity index (χ1) is 9.24. The van der Waals surface area contributed by atoms with Gasteiger partial charge in [0.25, 0.3) is 0 Å². The summed E-state index contributed by atoms with van der Waals surface area (Å²) in [5.41, 5.74) is -0.548. The van der Waals surface area contributed by atoms with Crippen LogP contribution in [-0.4, -0.2) is 53.8 Å². The molecule has 1 rings (SSSR count). The molecule has 0 aromatic heterocycles. The van der Waals surface area contributed by atoms with Crippen LogP contribution in [0.3, 0.4) is 0 Å². The molecule has 0 bridgehead atoms. The molecule has 1 heterocycles. The number of nitrogens with one attached hydrogen (secondary N) is 1. The summed E-state index contributed by atoms with van der Waals surface area (Å²) < 4.78 is 9.88. The summed E-state index contributed by atoms with van der Waals surface area (Å²) in [4.78, 5) is 25.5. The van der Waals surface area contributed by atoms with Crippen molar-refractivity contribution in [2.24, 2.45) is 0 Å². The molecule has 1 saturated heterocycles. The fourth-order valence-corrected chi connectivity index (χ4v) is 2.30. The van der Waals surface area contributed by atoms with Gasteiger partial charge in [-0.15, -0.1) is 0 Å². The van der Waals surface area contributed by atoms with Gasteiger partial charge in [-0.25, -0.2) is 9.59 Å². The van der Waals surface area contributed by atoms with Crippen LogP contribution in [0.25, 0.3) is 0 Å². The number of alkyl carbamates (subject to hydrolysis) is 1. The molecule has 0 aromatic carbocycles. The Morgan fingerprint density at radius 1 is 1.40 bits per heavy atom. The van der Waals surface area contributed by atoms with Crippen LogP contribution in [-0.2, 0) is 14.3 Å². The van der Waals surface area contributed by atoms with Gasteiger partial charge < -0.3 is 19.7 Å². The van der Waals surface area contributed by atoms with E-state index in [0.717, 1.165) is 12.8 Å². The van der Waals surface area contributed by atoms with Crippen LogP contribution < -0.4 is 5.32 Å². The average molecular weight is 302 g/mol. The van der Waals surface area contributed by atoms with Crippen LogP contribution in [0.1, 0.15) is 33.6 Å². The summed E-state index contributed by atoms with van der Waals surface area (Å²) in [7, 11) is 1.36. The van der Waals surface area contributed by atoms with Crippen molar-refractivity contribution in [3.8, 4) is 0 Å². The molecule has 7 heteroatoms. The predicted octanol–water partition coefficient (Wildman–Crippen LogP) is 1.48. The maximum atomic E-state index is 11.6. The number of methoxy groups -OCH3 is 1. The fraction of sp³-hybridized carbons (Fsp3) is 0.769. The standard InChI is InChI=1S/C13H22N2O4S/c1-13(2,3)19-12(17)14-8-10(20)15-7-5-6-9(15)11(16)18-4/h9H,5-8H2,1-4H3,(H,14,17)/t9-/m0/s1. The highest BCUT2D eigenvalue weighted by molar-refractivity contribution is 7.80. The molecule has 1 amide bonds. The van der Waals surface area contributed by atoms with E-state index in [2.05, 4.69) is 5.32 Å². The molecule has 0 unspecified atom stereocenters. The summed E-state index contributed by atoms with van der Waals surface area (Å²) in [5.74, 6) is -0.290. The lowest BCUT2D eigenvalue weighted by molar-refractivity contribution is -0.144. The van der Waals surface area contributed by atoms with E-state index in [1.54, 1.807) is 25.7 Å². The maximum absolute atomic E-state index is 11.6. The number of rotatable bonds is 3. The van der Waals surface area contributed by atoms with Gasteiger partial charge in [-0.1, -0.05) is 12.2 Å². The van der Waals surface area contributed by atoms with Crippen molar-refractivity contribution in [1.82, 2.24) is 10.2 Å². The molecule has 1 atom stereocenters. The number of likely N-dealkylation sites (tertiary alicyclic amines) is 1. The number of amides is 1. The van der Waals surface area contributed by atoms with Gasteiger partial charge in [0.05, 0.1) is 18.6 Å². The van der Waals surface area contributed by atoms with Crippen molar-refractivity contribution in [3.63, 3.8) is 0 Å². The largest absolute Gasteiger partial charge is 0.467 e. The predicted molar refractivity (Wildman–Crippen MR) is 78.6 cm³/mol. The zero-order valence-corrected chi connectivity index (χ0v) is 13.2. The lowest BCUT2D eigenvalue weighted by Crippen LogP contribution is -2.45. The highest BCUT2D eigenvalue weighted by atomic mass is 32.1. The van der Waals surface area contributed by atoms with Gasteiger partial charge in [-0.05, 0) is 33.6 Å². The lowest BCUT2D eigenvalue weighted by Gasteiger charge is -2.26. The zero-order chi connectivity index (χ0) is 15.3. The highest BCUT2D eigenvalue weighted by Gasteiger charge is 2.33. The molecule has 0 radical (unpaired) electrons. The van der Waals surface area contributed by atoms with E-state index in [1.165, 1.54) is 7.11 Å². The van der Waals surface area contributed by atoms with Crippen molar-refractivity contribution in [1.29, 1.82) is 0 Å². The van der Waals surface area contributed by atoms with Crippen molar-refractivity contribution in [2.45, 2.75) is 45.3 Å². The summed E-state index contributed by atoms with van der Waals surface area (Å²) in [6, 6.07) is -0.340. The highest BCUT2D eigenvalue weighted by Crippen LogP contribution is 2.19. The second-order valence-electron chi connectivity index (χ2n) is 5.62. The Hall–Kier alpha value is -1.37. The Morgan fingerprint density at radius 3 is 2.60 bits per heavy atom. The third-order valence-electron chi connectivity index (χ3n) is 2.83. The van der Waals surface area contributed by atoms with Crippen LogP contribution >= 0.6 is 12.2 Å². The van der Waals surface area contributed by atoms with Crippen LogP contribution in [0.5, 0.6) is 0 Å². The number of esters is 1. The van der Waals surface area contributed by atoms with E-state index in [4.69, 9.17) is 21.7 Å². The number of thiocarbonyl (C=S) groups is 1. The SMILES string of the molecule is COC(=O)[C@@H]1CCCN1C(=S)CNC(=O)OC(C)(C)C. The normalized spacial score (nSPS) is 18.6. The van der Waals surface area contributed by atoms with Gasteiger partial charge in [-0.2, -0.15) is 0 Å². The summed E-state index contributed by atoms with van der Waals surface area (Å²) in [6.07, 6.45) is 1.08. The molecular formula is C13H22N2O4S. The number of carbonyl (C=O) groups is 2. The average Bonchev–Trinajstić information content (AvgIpc) is 2.82. The maximum Gasteiger partial charge on any atom is 0.408 e. The van der Waals surface area contributed by atoms with Crippen molar-refractivity contribution in [2.75, 3.05) is 20.2 Å². The Kier molecular flexibility index (Phi) is 5.74. The molecule has 1 aliphatic rings. The Labute approximate surface area is 124 Å². The molecule has 0 saturated carbocycles. The zero-order valence-electron chi connectivity index (χ0n) is 12.4. The Bertz CT molecular complexity index is 392. The number of nitrogens with zero attached hydrogens (tertiary/aromatic N) is 1. The minimum absolute atomic E-state index is 0.178. The molecular weight excluding hydrogens is 280 g/mol. The van der Waals surface area contributed by atoms with Crippen molar-refractivity contribution in [3.05, 3.63) is 0 Å². The van der Waals surface area contributed by atoms with Gasteiger partial charge in [0, 0.05) is 6.54 Å². The summed E-state index contributed by atoms with van der Waals surface area (Å²) in [6.45, 7) is 6.25. The van der Waals surface area contributed by atoms with E-state index in [0.29, 0.717) is 11.5 Å². The Balaban J connectivity index is 2.46. The summed E-state index contributed by atoms with van der Waals surface area (Å²) >= 11 is 5.27. The first-order valence-corrected chi connectivity index (χ1v) is 6.99. The first kappa shape index (κ1) is 16.7. The van der Waals surface area contributed by atoms with Gasteiger partial charge in [-0.3, -0.25) is 0 Å². The van der Waals surface area contributed by atoms with Crippen molar-refractivity contribution >= 4 is 29.3 Å². The van der Waals surface area contributed by atoms with Gasteiger partial charge in [0.1, 0.15) is 11.6 Å². The topological polar surface area (TPSA) is 67.9 Å². The molecule has 6 nitrogen and oxygen atoms in total. The van der Waals surface area contributed by atoms with E-state index >= 15 is 0 Å². The van der Waals surface area contributed by atoms with Gasteiger partial charge >= 0.3 is 12.1 Å². The number of carbonyl (C=O) groups excluding carboxylic acids is 2. The van der Waals surface area contributed by atoms with Crippen LogP contribution in [0.15, 0.2) is 0 Å². The monoisotopic (exact) mass is 302 g/mol. The molecule has 20 heavy (non-hydrogen) atoms. The lowest BCUT2D eigenvalue weighted by atomic mass is 10.2. The third kappa shape index (κ3) is 4.96. The van der Waals surface area contributed by atoms with Crippen LogP contribution in [0.2, 0.25) is 0 Å². The number of ether oxygens (including phenoxy) is 2. The molecule has 0 aliphatic carbocycles. The smallest absolute Gasteiger partial charge is 0.408 e. The number of hydrogen-bond acceptors (Lipinski definition) is 5. The van der Waals surface area contributed by atoms with Crippen LogP contribution in [0.4, 0.5) is 4.79 Å². The molecule has 1 fully saturated rings.